The predicted octanol–water partition coefficient (Wildman–Crippen LogP) is 2.03. The molecule has 3 nitrogen and oxygen atoms in total. The van der Waals surface area contributed by atoms with Crippen molar-refractivity contribution in [1.29, 1.82) is 0 Å². The summed E-state index contributed by atoms with van der Waals surface area (Å²) >= 11 is 0. The van der Waals surface area contributed by atoms with E-state index in [4.69, 9.17) is 0 Å². The van der Waals surface area contributed by atoms with E-state index in [-0.39, 0.29) is 0 Å². The Morgan fingerprint density at radius 1 is 1.35 bits per heavy atom. The van der Waals surface area contributed by atoms with Crippen molar-refractivity contribution in [3.8, 4) is 0 Å². The Kier molecular flexibility index (Phi) is 2.69. The van der Waals surface area contributed by atoms with Crippen molar-refractivity contribution in [3.05, 3.63) is 36.7 Å². The normalized spacial score (nSPS) is 20.8. The number of hydrogen-bond donors (Lipinski definition) is 1. The number of hydrogen-bond acceptors (Lipinski definition) is 3. The van der Waals surface area contributed by atoms with Crippen LogP contribution in [0.2, 0.25) is 0 Å². The molecule has 2 aromatic rings. The molecule has 0 bridgehead atoms. The van der Waals surface area contributed by atoms with Crippen molar-refractivity contribution < 1.29 is 0 Å². The lowest BCUT2D eigenvalue weighted by Gasteiger charge is -2.34. The first kappa shape index (κ1) is 10.5. The molecular formula is C14H17N3. The molecule has 1 N–H and O–H groups in total. The summed E-state index contributed by atoms with van der Waals surface area (Å²) in [6, 6.07) is 9.11. The van der Waals surface area contributed by atoms with Crippen LogP contribution in [0.1, 0.15) is 6.92 Å². The minimum Gasteiger partial charge on any atom is -0.368 e. The standard InChI is InChI=1S/C14H17N3/c1-11-10-17(8-7-16-11)14-4-2-3-12-9-15-6-5-13(12)14/h2-6,9,11,16H,7-8,10H2,1H3. The maximum absolute atomic E-state index is 4.18. The molecule has 1 aliphatic rings. The van der Waals surface area contributed by atoms with Gasteiger partial charge in [-0.2, -0.15) is 0 Å². The number of benzene rings is 1. The van der Waals surface area contributed by atoms with Gasteiger partial charge in [0.2, 0.25) is 0 Å². The van der Waals surface area contributed by atoms with Gasteiger partial charge in [-0.05, 0) is 19.1 Å². The fourth-order valence-corrected chi connectivity index (χ4v) is 2.53. The lowest BCUT2D eigenvalue weighted by molar-refractivity contribution is 0.485. The average molecular weight is 227 g/mol. The summed E-state index contributed by atoms with van der Waals surface area (Å²) in [4.78, 5) is 6.65. The van der Waals surface area contributed by atoms with Crippen molar-refractivity contribution >= 4 is 16.5 Å². The van der Waals surface area contributed by atoms with Gasteiger partial charge in [-0.15, -0.1) is 0 Å². The van der Waals surface area contributed by atoms with Gasteiger partial charge in [-0.3, -0.25) is 4.98 Å². The zero-order chi connectivity index (χ0) is 11.7. The van der Waals surface area contributed by atoms with Gasteiger partial charge in [-0.25, -0.2) is 0 Å². The first-order valence-electron chi connectivity index (χ1n) is 6.15. The van der Waals surface area contributed by atoms with Crippen LogP contribution in [-0.4, -0.2) is 30.7 Å². The Morgan fingerprint density at radius 3 is 3.18 bits per heavy atom. The zero-order valence-electron chi connectivity index (χ0n) is 10.1. The highest BCUT2D eigenvalue weighted by atomic mass is 15.2. The monoisotopic (exact) mass is 227 g/mol. The van der Waals surface area contributed by atoms with E-state index in [0.717, 1.165) is 19.6 Å². The lowest BCUT2D eigenvalue weighted by Crippen LogP contribution is -2.49. The van der Waals surface area contributed by atoms with Gasteiger partial charge in [0.1, 0.15) is 0 Å². The van der Waals surface area contributed by atoms with E-state index in [1.165, 1.54) is 16.5 Å². The number of anilines is 1. The summed E-state index contributed by atoms with van der Waals surface area (Å²) in [5, 5.41) is 6.00. The zero-order valence-corrected chi connectivity index (χ0v) is 10.1. The minimum absolute atomic E-state index is 0.556. The number of nitrogens with one attached hydrogen (secondary N) is 1. The maximum atomic E-state index is 4.18. The molecule has 0 radical (unpaired) electrons. The molecule has 3 rings (SSSR count). The smallest absolute Gasteiger partial charge is 0.0448 e. The molecular weight excluding hydrogens is 210 g/mol. The molecule has 0 saturated carbocycles. The van der Waals surface area contributed by atoms with Crippen molar-refractivity contribution in [2.75, 3.05) is 24.5 Å². The van der Waals surface area contributed by atoms with Crippen LogP contribution >= 0.6 is 0 Å². The molecule has 1 saturated heterocycles. The highest BCUT2D eigenvalue weighted by Gasteiger charge is 2.17. The first-order chi connectivity index (χ1) is 8.34. The molecule has 88 valence electrons. The molecule has 0 spiro atoms. The van der Waals surface area contributed by atoms with Crippen LogP contribution in [-0.2, 0) is 0 Å². The second-order valence-corrected chi connectivity index (χ2v) is 4.68. The average Bonchev–Trinajstić information content (AvgIpc) is 2.38. The first-order valence-corrected chi connectivity index (χ1v) is 6.15. The third-order valence-electron chi connectivity index (χ3n) is 3.37. The predicted molar refractivity (Wildman–Crippen MR) is 71.4 cm³/mol. The Balaban J connectivity index is 2.04. The summed E-state index contributed by atoms with van der Waals surface area (Å²) in [5.41, 5.74) is 1.33. The Hall–Kier alpha value is -1.61. The highest BCUT2D eigenvalue weighted by molar-refractivity contribution is 5.93. The number of nitrogens with zero attached hydrogens (tertiary/aromatic N) is 2. The summed E-state index contributed by atoms with van der Waals surface area (Å²) in [6.07, 6.45) is 3.81. The molecule has 17 heavy (non-hydrogen) atoms. The molecule has 0 aliphatic carbocycles. The molecule has 1 aromatic carbocycles. The topological polar surface area (TPSA) is 28.2 Å². The molecule has 0 amide bonds. The van der Waals surface area contributed by atoms with E-state index in [0.29, 0.717) is 6.04 Å². The van der Waals surface area contributed by atoms with Crippen LogP contribution in [0.4, 0.5) is 5.69 Å². The number of piperazine rings is 1. The largest absolute Gasteiger partial charge is 0.368 e. The van der Waals surface area contributed by atoms with Gasteiger partial charge in [0.15, 0.2) is 0 Å². The molecule has 1 aromatic heterocycles. The summed E-state index contributed by atoms with van der Waals surface area (Å²) in [5.74, 6) is 0. The maximum Gasteiger partial charge on any atom is 0.0448 e. The Morgan fingerprint density at radius 2 is 2.29 bits per heavy atom. The van der Waals surface area contributed by atoms with Crippen molar-refractivity contribution in [1.82, 2.24) is 10.3 Å². The molecule has 1 atom stereocenters. The second-order valence-electron chi connectivity index (χ2n) is 4.68. The fourth-order valence-electron chi connectivity index (χ4n) is 2.53. The molecule has 2 heterocycles. The van der Waals surface area contributed by atoms with Crippen LogP contribution in [0, 0.1) is 0 Å². The van der Waals surface area contributed by atoms with E-state index < -0.39 is 0 Å². The molecule has 1 fully saturated rings. The van der Waals surface area contributed by atoms with Crippen molar-refractivity contribution in [2.24, 2.45) is 0 Å². The van der Waals surface area contributed by atoms with Crippen LogP contribution in [0.25, 0.3) is 10.8 Å². The quantitative estimate of drug-likeness (QED) is 0.808. The molecule has 1 aliphatic heterocycles. The second kappa shape index (κ2) is 4.34. The van der Waals surface area contributed by atoms with Crippen LogP contribution in [0.15, 0.2) is 36.7 Å². The van der Waals surface area contributed by atoms with E-state index in [1.54, 1.807) is 0 Å². The molecule has 1 unspecified atom stereocenters. The molecule has 3 heteroatoms. The lowest BCUT2D eigenvalue weighted by atomic mass is 10.1. The Labute approximate surface area is 101 Å². The van der Waals surface area contributed by atoms with Crippen LogP contribution in [0.3, 0.4) is 0 Å². The Bertz CT molecular complexity index is 518. The summed E-state index contributed by atoms with van der Waals surface area (Å²) in [7, 11) is 0. The van der Waals surface area contributed by atoms with E-state index in [1.807, 2.05) is 12.4 Å². The van der Waals surface area contributed by atoms with E-state index in [9.17, 15) is 0 Å². The van der Waals surface area contributed by atoms with Gasteiger partial charge in [0.25, 0.3) is 0 Å². The van der Waals surface area contributed by atoms with E-state index >= 15 is 0 Å². The third-order valence-corrected chi connectivity index (χ3v) is 3.37. The number of pyridine rings is 1. The van der Waals surface area contributed by atoms with Crippen molar-refractivity contribution in [3.63, 3.8) is 0 Å². The third kappa shape index (κ3) is 1.98. The van der Waals surface area contributed by atoms with Crippen LogP contribution < -0.4 is 10.2 Å². The van der Waals surface area contributed by atoms with Gasteiger partial charge in [-0.1, -0.05) is 12.1 Å². The fraction of sp³-hybridized carbons (Fsp3) is 0.357. The number of rotatable bonds is 1. The SMILES string of the molecule is CC1CN(c2cccc3cnccc23)CCN1. The summed E-state index contributed by atoms with van der Waals surface area (Å²) < 4.78 is 0. The van der Waals surface area contributed by atoms with E-state index in [2.05, 4.69) is 46.4 Å². The van der Waals surface area contributed by atoms with Crippen molar-refractivity contribution in [2.45, 2.75) is 13.0 Å². The van der Waals surface area contributed by atoms with Gasteiger partial charge >= 0.3 is 0 Å². The number of fused-ring (bicyclic) bond motifs is 1. The van der Waals surface area contributed by atoms with Gasteiger partial charge in [0.05, 0.1) is 0 Å². The number of aromatic nitrogens is 1. The van der Waals surface area contributed by atoms with Gasteiger partial charge in [0, 0.05) is 54.5 Å². The summed E-state index contributed by atoms with van der Waals surface area (Å²) in [6.45, 7) is 5.44. The van der Waals surface area contributed by atoms with Gasteiger partial charge < -0.3 is 10.2 Å². The van der Waals surface area contributed by atoms with Crippen LogP contribution in [0.5, 0.6) is 0 Å². The highest BCUT2D eigenvalue weighted by Crippen LogP contribution is 2.26. The minimum atomic E-state index is 0.556.